The molecular formula is C14H12Cl4N2. The van der Waals surface area contributed by atoms with Gasteiger partial charge in [0, 0.05) is 10.0 Å². The zero-order valence-electron chi connectivity index (χ0n) is 10.3. The molecule has 0 aliphatic carbocycles. The Kier molecular flexibility index (Phi) is 5.56. The van der Waals surface area contributed by atoms with E-state index in [0.29, 0.717) is 26.5 Å². The van der Waals surface area contributed by atoms with Gasteiger partial charge in [0.2, 0.25) is 0 Å². The van der Waals surface area contributed by atoms with Crippen molar-refractivity contribution in [1.82, 2.24) is 5.43 Å². The van der Waals surface area contributed by atoms with Crippen LogP contribution in [-0.4, -0.2) is 0 Å². The van der Waals surface area contributed by atoms with Crippen LogP contribution in [0.15, 0.2) is 36.4 Å². The largest absolute Gasteiger partial charge is 0.271 e. The van der Waals surface area contributed by atoms with E-state index in [2.05, 4.69) is 5.43 Å². The first-order valence-corrected chi connectivity index (χ1v) is 7.38. The molecule has 0 saturated carbocycles. The third-order valence-electron chi connectivity index (χ3n) is 3.03. The van der Waals surface area contributed by atoms with Gasteiger partial charge in [-0.25, -0.2) is 0 Å². The fourth-order valence-electron chi connectivity index (χ4n) is 1.98. The highest BCUT2D eigenvalue weighted by molar-refractivity contribution is 6.42. The van der Waals surface area contributed by atoms with Gasteiger partial charge in [-0.3, -0.25) is 11.3 Å². The molecule has 1 unspecified atom stereocenters. The molecule has 2 aromatic rings. The Morgan fingerprint density at radius 3 is 2.05 bits per heavy atom. The molecule has 0 spiro atoms. The van der Waals surface area contributed by atoms with Crippen LogP contribution in [-0.2, 0) is 6.42 Å². The van der Waals surface area contributed by atoms with Crippen molar-refractivity contribution >= 4 is 46.4 Å². The maximum absolute atomic E-state index is 6.22. The van der Waals surface area contributed by atoms with E-state index >= 15 is 0 Å². The van der Waals surface area contributed by atoms with Crippen LogP contribution in [0, 0.1) is 0 Å². The van der Waals surface area contributed by atoms with E-state index in [4.69, 9.17) is 52.2 Å². The Bertz CT molecular complexity index is 596. The van der Waals surface area contributed by atoms with Crippen molar-refractivity contribution in [3.63, 3.8) is 0 Å². The van der Waals surface area contributed by atoms with Crippen molar-refractivity contribution in [1.29, 1.82) is 0 Å². The van der Waals surface area contributed by atoms with E-state index < -0.39 is 0 Å². The molecule has 106 valence electrons. The summed E-state index contributed by atoms with van der Waals surface area (Å²) in [5, 5.41) is 2.14. The van der Waals surface area contributed by atoms with Gasteiger partial charge in [0.15, 0.2) is 0 Å². The van der Waals surface area contributed by atoms with Crippen LogP contribution in [0.1, 0.15) is 17.2 Å². The SMILES string of the molecule is NNC(Cc1c(Cl)cccc1Cl)c1cccc(Cl)c1Cl. The summed E-state index contributed by atoms with van der Waals surface area (Å²) in [7, 11) is 0. The molecule has 3 N–H and O–H groups in total. The lowest BCUT2D eigenvalue weighted by atomic mass is 9.99. The molecule has 2 aromatic carbocycles. The minimum Gasteiger partial charge on any atom is -0.271 e. The van der Waals surface area contributed by atoms with Gasteiger partial charge in [-0.15, -0.1) is 0 Å². The number of rotatable bonds is 4. The van der Waals surface area contributed by atoms with E-state index in [1.54, 1.807) is 24.3 Å². The Balaban J connectivity index is 2.37. The zero-order valence-corrected chi connectivity index (χ0v) is 13.4. The van der Waals surface area contributed by atoms with Crippen molar-refractivity contribution in [3.05, 3.63) is 67.6 Å². The first kappa shape index (κ1) is 15.9. The van der Waals surface area contributed by atoms with Gasteiger partial charge >= 0.3 is 0 Å². The fraction of sp³-hybridized carbons (Fsp3) is 0.143. The molecular weight excluding hydrogens is 338 g/mol. The molecule has 1 atom stereocenters. The molecule has 0 fully saturated rings. The van der Waals surface area contributed by atoms with E-state index in [1.807, 2.05) is 12.1 Å². The Morgan fingerprint density at radius 2 is 1.45 bits per heavy atom. The fourth-order valence-corrected chi connectivity index (χ4v) is 2.97. The maximum atomic E-state index is 6.22. The summed E-state index contributed by atoms with van der Waals surface area (Å²) in [6.07, 6.45) is 0.509. The van der Waals surface area contributed by atoms with Gasteiger partial charge in [0.05, 0.1) is 16.1 Å². The van der Waals surface area contributed by atoms with E-state index in [-0.39, 0.29) is 6.04 Å². The molecule has 2 rings (SSSR count). The summed E-state index contributed by atoms with van der Waals surface area (Å²) >= 11 is 24.6. The van der Waals surface area contributed by atoms with Crippen LogP contribution >= 0.6 is 46.4 Å². The van der Waals surface area contributed by atoms with Crippen molar-refractivity contribution in [3.8, 4) is 0 Å². The molecule has 20 heavy (non-hydrogen) atoms. The number of nitrogens with one attached hydrogen (secondary N) is 1. The summed E-state index contributed by atoms with van der Waals surface area (Å²) in [6, 6.07) is 10.5. The summed E-state index contributed by atoms with van der Waals surface area (Å²) in [6.45, 7) is 0. The Hall–Kier alpha value is -0.480. The molecule has 0 heterocycles. The number of hydrazine groups is 1. The smallest absolute Gasteiger partial charge is 0.0640 e. The Labute approximate surface area is 137 Å². The van der Waals surface area contributed by atoms with Gasteiger partial charge in [-0.1, -0.05) is 64.6 Å². The van der Waals surface area contributed by atoms with Crippen LogP contribution in [0.25, 0.3) is 0 Å². The lowest BCUT2D eigenvalue weighted by Crippen LogP contribution is -2.30. The number of hydrogen-bond donors (Lipinski definition) is 2. The minimum atomic E-state index is -0.237. The zero-order chi connectivity index (χ0) is 14.7. The predicted octanol–water partition coefficient (Wildman–Crippen LogP) is 5.05. The first-order valence-electron chi connectivity index (χ1n) is 5.87. The van der Waals surface area contributed by atoms with Gasteiger partial charge in [-0.2, -0.15) is 0 Å². The van der Waals surface area contributed by atoms with E-state index in [0.717, 1.165) is 11.1 Å². The molecule has 6 heteroatoms. The average Bonchev–Trinajstić information content (AvgIpc) is 2.42. The standard InChI is InChI=1S/C14H12Cl4N2/c15-10-4-2-5-11(16)9(10)7-13(20-19)8-3-1-6-12(17)14(8)18/h1-6,13,20H,7,19H2. The molecule has 0 aliphatic heterocycles. The van der Waals surface area contributed by atoms with Crippen molar-refractivity contribution in [2.45, 2.75) is 12.5 Å². The van der Waals surface area contributed by atoms with Gasteiger partial charge in [0.1, 0.15) is 0 Å². The molecule has 0 aromatic heterocycles. The summed E-state index contributed by atoms with van der Waals surface area (Å²) in [5.74, 6) is 5.63. The third-order valence-corrected chi connectivity index (χ3v) is 4.57. The molecule has 0 amide bonds. The van der Waals surface area contributed by atoms with Crippen LogP contribution in [0.2, 0.25) is 20.1 Å². The van der Waals surface area contributed by atoms with Crippen LogP contribution in [0.5, 0.6) is 0 Å². The first-order chi connectivity index (χ1) is 9.54. The molecule has 0 saturated heterocycles. The number of hydrogen-bond acceptors (Lipinski definition) is 2. The third kappa shape index (κ3) is 3.40. The highest BCUT2D eigenvalue weighted by Crippen LogP contribution is 2.34. The van der Waals surface area contributed by atoms with Crippen LogP contribution < -0.4 is 11.3 Å². The minimum absolute atomic E-state index is 0.237. The normalized spacial score (nSPS) is 12.4. The monoisotopic (exact) mass is 348 g/mol. The second-order valence-corrected chi connectivity index (χ2v) is 5.87. The van der Waals surface area contributed by atoms with Crippen molar-refractivity contribution in [2.75, 3.05) is 0 Å². The van der Waals surface area contributed by atoms with Gasteiger partial charge in [0.25, 0.3) is 0 Å². The van der Waals surface area contributed by atoms with Crippen LogP contribution in [0.4, 0.5) is 0 Å². The molecule has 2 nitrogen and oxygen atoms in total. The van der Waals surface area contributed by atoms with Crippen molar-refractivity contribution in [2.24, 2.45) is 5.84 Å². The predicted molar refractivity (Wildman–Crippen MR) is 86.7 cm³/mol. The topological polar surface area (TPSA) is 38.0 Å². The Morgan fingerprint density at radius 1 is 0.900 bits per heavy atom. The second kappa shape index (κ2) is 6.99. The lowest BCUT2D eigenvalue weighted by molar-refractivity contribution is 0.552. The molecule has 0 bridgehead atoms. The van der Waals surface area contributed by atoms with E-state index in [9.17, 15) is 0 Å². The molecule has 0 aliphatic rings. The van der Waals surface area contributed by atoms with E-state index in [1.165, 1.54) is 0 Å². The quantitative estimate of drug-likeness (QED) is 0.598. The second-order valence-electron chi connectivity index (χ2n) is 4.27. The maximum Gasteiger partial charge on any atom is 0.0640 e. The summed E-state index contributed by atoms with van der Waals surface area (Å²) in [4.78, 5) is 0. The number of halogens is 4. The lowest BCUT2D eigenvalue weighted by Gasteiger charge is -2.19. The molecule has 0 radical (unpaired) electrons. The number of nitrogens with two attached hydrogens (primary N) is 1. The highest BCUT2D eigenvalue weighted by Gasteiger charge is 2.18. The summed E-state index contributed by atoms with van der Waals surface area (Å²) in [5.41, 5.74) is 4.35. The average molecular weight is 350 g/mol. The highest BCUT2D eigenvalue weighted by atomic mass is 35.5. The summed E-state index contributed by atoms with van der Waals surface area (Å²) < 4.78 is 0. The van der Waals surface area contributed by atoms with Gasteiger partial charge in [-0.05, 0) is 35.7 Å². The van der Waals surface area contributed by atoms with Gasteiger partial charge < -0.3 is 0 Å². The number of benzene rings is 2. The van der Waals surface area contributed by atoms with Crippen LogP contribution in [0.3, 0.4) is 0 Å². The van der Waals surface area contributed by atoms with Crippen molar-refractivity contribution < 1.29 is 0 Å².